The van der Waals surface area contributed by atoms with Crippen LogP contribution in [-0.4, -0.2) is 4.98 Å². The minimum Gasteiger partial charge on any atom is -0.383 e. The van der Waals surface area contributed by atoms with Gasteiger partial charge in [0.25, 0.3) is 6.43 Å². The Balaban J connectivity index is 3.21. The van der Waals surface area contributed by atoms with E-state index in [1.807, 2.05) is 0 Å². The molecule has 0 atom stereocenters. The number of alkyl halides is 2. The molecule has 1 aromatic rings. The fourth-order valence-corrected chi connectivity index (χ4v) is 1.02. The molecule has 66 valence electrons. The molecule has 0 aliphatic carbocycles. The molecule has 0 saturated heterocycles. The van der Waals surface area contributed by atoms with Crippen LogP contribution in [0.1, 0.15) is 17.7 Å². The molecule has 0 unspecified atom stereocenters. The highest BCUT2D eigenvalue weighted by Gasteiger charge is 2.12. The fraction of sp³-hybridized carbons (Fsp3) is 0.286. The SMILES string of the molecule is Cc1cc(C(F)F)nc(N)c1Br. The van der Waals surface area contributed by atoms with E-state index in [0.29, 0.717) is 10.0 Å². The van der Waals surface area contributed by atoms with E-state index < -0.39 is 6.43 Å². The Labute approximate surface area is 76.9 Å². The highest BCUT2D eigenvalue weighted by molar-refractivity contribution is 9.10. The Morgan fingerprint density at radius 3 is 2.58 bits per heavy atom. The molecule has 1 heterocycles. The van der Waals surface area contributed by atoms with Crippen molar-refractivity contribution in [3.05, 3.63) is 21.8 Å². The van der Waals surface area contributed by atoms with Crippen LogP contribution in [0.25, 0.3) is 0 Å². The number of nitrogens with two attached hydrogens (primary N) is 1. The summed E-state index contributed by atoms with van der Waals surface area (Å²) in [5, 5.41) is 0. The van der Waals surface area contributed by atoms with Crippen molar-refractivity contribution in [2.45, 2.75) is 13.3 Å². The van der Waals surface area contributed by atoms with Crippen LogP contribution in [0.4, 0.5) is 14.6 Å². The highest BCUT2D eigenvalue weighted by Crippen LogP contribution is 2.26. The average molecular weight is 237 g/mol. The van der Waals surface area contributed by atoms with Crippen LogP contribution >= 0.6 is 15.9 Å². The van der Waals surface area contributed by atoms with E-state index in [2.05, 4.69) is 20.9 Å². The van der Waals surface area contributed by atoms with Crippen LogP contribution in [0.15, 0.2) is 10.5 Å². The van der Waals surface area contributed by atoms with Crippen LogP contribution in [0.3, 0.4) is 0 Å². The third-order valence-corrected chi connectivity index (χ3v) is 2.44. The van der Waals surface area contributed by atoms with Gasteiger partial charge in [-0.15, -0.1) is 0 Å². The van der Waals surface area contributed by atoms with Crippen LogP contribution < -0.4 is 5.73 Å². The van der Waals surface area contributed by atoms with Gasteiger partial charge >= 0.3 is 0 Å². The summed E-state index contributed by atoms with van der Waals surface area (Å²) in [6.07, 6.45) is -2.57. The number of rotatable bonds is 1. The molecule has 1 aromatic heterocycles. The summed E-state index contributed by atoms with van der Waals surface area (Å²) in [6.45, 7) is 1.69. The van der Waals surface area contributed by atoms with Gasteiger partial charge in [0.2, 0.25) is 0 Å². The van der Waals surface area contributed by atoms with E-state index in [0.717, 1.165) is 0 Å². The Hall–Kier alpha value is -0.710. The van der Waals surface area contributed by atoms with E-state index in [4.69, 9.17) is 5.73 Å². The summed E-state index contributed by atoms with van der Waals surface area (Å²) in [6, 6.07) is 1.31. The Morgan fingerprint density at radius 1 is 1.58 bits per heavy atom. The Kier molecular flexibility index (Phi) is 2.62. The first-order valence-corrected chi connectivity index (χ1v) is 4.02. The van der Waals surface area contributed by atoms with Crippen LogP contribution in [0.5, 0.6) is 0 Å². The number of hydrogen-bond acceptors (Lipinski definition) is 2. The first-order valence-electron chi connectivity index (χ1n) is 3.23. The summed E-state index contributed by atoms with van der Waals surface area (Å²) in [7, 11) is 0. The maximum Gasteiger partial charge on any atom is 0.280 e. The van der Waals surface area contributed by atoms with Crippen LogP contribution in [0.2, 0.25) is 0 Å². The van der Waals surface area contributed by atoms with E-state index in [1.54, 1.807) is 6.92 Å². The van der Waals surface area contributed by atoms with E-state index in [-0.39, 0.29) is 11.5 Å². The van der Waals surface area contributed by atoms with Crippen molar-refractivity contribution >= 4 is 21.7 Å². The minimum atomic E-state index is -2.57. The van der Waals surface area contributed by atoms with E-state index in [1.165, 1.54) is 6.07 Å². The lowest BCUT2D eigenvalue weighted by molar-refractivity contribution is 0.146. The molecule has 0 fully saturated rings. The third kappa shape index (κ3) is 1.72. The monoisotopic (exact) mass is 236 g/mol. The van der Waals surface area contributed by atoms with Gasteiger partial charge < -0.3 is 5.73 Å². The molecule has 0 radical (unpaired) electrons. The molecule has 12 heavy (non-hydrogen) atoms. The molecule has 1 rings (SSSR count). The van der Waals surface area contributed by atoms with Gasteiger partial charge in [-0.3, -0.25) is 0 Å². The molecule has 0 aliphatic rings. The zero-order chi connectivity index (χ0) is 9.30. The fourth-order valence-electron chi connectivity index (χ4n) is 0.819. The van der Waals surface area contributed by atoms with Crippen molar-refractivity contribution in [2.75, 3.05) is 5.73 Å². The summed E-state index contributed by atoms with van der Waals surface area (Å²) in [5.74, 6) is 0.102. The molecule has 2 N–H and O–H groups in total. The minimum absolute atomic E-state index is 0.102. The first-order chi connectivity index (χ1) is 5.52. The molecule has 0 spiro atoms. The molecule has 0 aromatic carbocycles. The van der Waals surface area contributed by atoms with Crippen molar-refractivity contribution in [3.63, 3.8) is 0 Å². The number of anilines is 1. The van der Waals surface area contributed by atoms with Gasteiger partial charge in [-0.05, 0) is 34.5 Å². The zero-order valence-electron chi connectivity index (χ0n) is 6.31. The Morgan fingerprint density at radius 2 is 2.17 bits per heavy atom. The van der Waals surface area contributed by atoms with Crippen molar-refractivity contribution < 1.29 is 8.78 Å². The number of hydrogen-bond donors (Lipinski definition) is 1. The Bertz CT molecular complexity index is 278. The molecular formula is C7H7BrF2N2. The van der Waals surface area contributed by atoms with Crippen molar-refractivity contribution in [1.82, 2.24) is 4.98 Å². The van der Waals surface area contributed by atoms with Crippen molar-refractivity contribution in [1.29, 1.82) is 0 Å². The predicted octanol–water partition coefficient (Wildman–Crippen LogP) is 2.67. The number of halogens is 3. The first kappa shape index (κ1) is 9.38. The summed E-state index contributed by atoms with van der Waals surface area (Å²) < 4.78 is 24.8. The molecule has 0 saturated carbocycles. The zero-order valence-corrected chi connectivity index (χ0v) is 7.90. The normalized spacial score (nSPS) is 10.8. The largest absolute Gasteiger partial charge is 0.383 e. The summed E-state index contributed by atoms with van der Waals surface area (Å²) >= 11 is 3.13. The second kappa shape index (κ2) is 3.35. The maximum atomic E-state index is 12.1. The van der Waals surface area contributed by atoms with Gasteiger partial charge in [-0.25, -0.2) is 13.8 Å². The quantitative estimate of drug-likeness (QED) is 0.815. The van der Waals surface area contributed by atoms with Gasteiger partial charge in [-0.2, -0.15) is 0 Å². The lowest BCUT2D eigenvalue weighted by Gasteiger charge is -2.05. The van der Waals surface area contributed by atoms with Gasteiger partial charge in [0.15, 0.2) is 0 Å². The van der Waals surface area contributed by atoms with Crippen LogP contribution in [0, 0.1) is 6.92 Å². The summed E-state index contributed by atoms with van der Waals surface area (Å²) in [4.78, 5) is 3.51. The average Bonchev–Trinajstić information content (AvgIpc) is 1.99. The third-order valence-electron chi connectivity index (χ3n) is 1.41. The lowest BCUT2D eigenvalue weighted by Crippen LogP contribution is -1.99. The molecule has 0 aliphatic heterocycles. The molecule has 0 amide bonds. The van der Waals surface area contributed by atoms with Gasteiger partial charge in [-0.1, -0.05) is 0 Å². The number of aromatic nitrogens is 1. The van der Waals surface area contributed by atoms with Crippen LogP contribution in [-0.2, 0) is 0 Å². The molecule has 2 nitrogen and oxygen atoms in total. The van der Waals surface area contributed by atoms with Crippen molar-refractivity contribution in [2.24, 2.45) is 0 Å². The number of pyridine rings is 1. The van der Waals surface area contributed by atoms with Gasteiger partial charge in [0.1, 0.15) is 11.5 Å². The molecule has 0 bridgehead atoms. The van der Waals surface area contributed by atoms with Crippen molar-refractivity contribution in [3.8, 4) is 0 Å². The predicted molar refractivity (Wildman–Crippen MR) is 46.0 cm³/mol. The molecular weight excluding hydrogens is 230 g/mol. The standard InChI is InChI=1S/C7H7BrF2N2/c1-3-2-4(6(9)10)12-7(11)5(3)8/h2,6H,1H3,(H2,11,12). The lowest BCUT2D eigenvalue weighted by atomic mass is 10.2. The highest BCUT2D eigenvalue weighted by atomic mass is 79.9. The second-order valence-electron chi connectivity index (χ2n) is 2.36. The maximum absolute atomic E-state index is 12.1. The topological polar surface area (TPSA) is 38.9 Å². The number of nitrogens with zero attached hydrogens (tertiary/aromatic N) is 1. The van der Waals surface area contributed by atoms with E-state index in [9.17, 15) is 8.78 Å². The molecule has 5 heteroatoms. The van der Waals surface area contributed by atoms with Gasteiger partial charge in [0, 0.05) is 0 Å². The smallest absolute Gasteiger partial charge is 0.280 e. The summed E-state index contributed by atoms with van der Waals surface area (Å²) in [5.41, 5.74) is 5.75. The van der Waals surface area contributed by atoms with E-state index >= 15 is 0 Å². The number of nitrogen functional groups attached to an aromatic ring is 1. The number of aryl methyl sites for hydroxylation is 1. The van der Waals surface area contributed by atoms with Gasteiger partial charge in [0.05, 0.1) is 4.47 Å². The second-order valence-corrected chi connectivity index (χ2v) is 3.16.